The molecule has 2 rings (SSSR count). The van der Waals surface area contributed by atoms with Crippen molar-refractivity contribution < 1.29 is 0 Å². The minimum Gasteiger partial charge on any atom is -0.300 e. The van der Waals surface area contributed by atoms with E-state index in [4.69, 9.17) is 0 Å². The number of nitrogens with one attached hydrogen (secondary N) is 1. The van der Waals surface area contributed by atoms with E-state index in [9.17, 15) is 0 Å². The van der Waals surface area contributed by atoms with Crippen LogP contribution in [-0.2, 0) is 13.0 Å². The number of H-pyrrole nitrogens is 1. The van der Waals surface area contributed by atoms with E-state index < -0.39 is 0 Å². The second-order valence-electron chi connectivity index (χ2n) is 4.38. The number of likely N-dealkylation sites (N-methyl/N-ethyl adjacent to an activating group) is 1. The summed E-state index contributed by atoms with van der Waals surface area (Å²) in [6, 6.07) is 0. The quantitative estimate of drug-likeness (QED) is 0.884. The molecule has 0 spiro atoms. The summed E-state index contributed by atoms with van der Waals surface area (Å²) in [5, 5.41) is 9.34. The molecule has 2 aromatic rings. The largest absolute Gasteiger partial charge is 0.300 e. The third-order valence-electron chi connectivity index (χ3n) is 2.94. The highest BCUT2D eigenvalue weighted by molar-refractivity contribution is 7.07. The maximum atomic E-state index is 4.29. The second-order valence-corrected chi connectivity index (χ2v) is 5.10. The van der Waals surface area contributed by atoms with Gasteiger partial charge in [-0.15, -0.1) is 11.3 Å². The van der Waals surface area contributed by atoms with Gasteiger partial charge in [0.2, 0.25) is 0 Å². The zero-order valence-corrected chi connectivity index (χ0v) is 11.3. The van der Waals surface area contributed by atoms with Crippen LogP contribution in [-0.4, -0.2) is 33.7 Å². The van der Waals surface area contributed by atoms with Crippen LogP contribution in [0, 0.1) is 13.8 Å². The summed E-state index contributed by atoms with van der Waals surface area (Å²) in [4.78, 5) is 6.59. The fourth-order valence-corrected chi connectivity index (χ4v) is 2.47. The molecule has 0 atom stereocenters. The lowest BCUT2D eigenvalue weighted by Crippen LogP contribution is -2.21. The number of nitrogens with zero attached hydrogens (tertiary/aromatic N) is 3. The Hall–Kier alpha value is -1.20. The lowest BCUT2D eigenvalue weighted by molar-refractivity contribution is 0.327. The molecule has 0 fully saturated rings. The molecule has 4 nitrogen and oxygen atoms in total. The molecule has 5 heteroatoms. The molecule has 2 heterocycles. The fraction of sp³-hybridized carbons (Fsp3) is 0.500. The Kier molecular flexibility index (Phi) is 3.91. The smallest absolute Gasteiger partial charge is 0.0795 e. The Bertz CT molecular complexity index is 441. The van der Waals surface area contributed by atoms with Crippen molar-refractivity contribution >= 4 is 11.3 Å². The van der Waals surface area contributed by atoms with Crippen molar-refractivity contribution in [3.63, 3.8) is 0 Å². The normalized spacial score (nSPS) is 11.3. The van der Waals surface area contributed by atoms with Gasteiger partial charge in [0.15, 0.2) is 0 Å². The molecule has 0 aliphatic carbocycles. The minimum atomic E-state index is 0.916. The SMILES string of the molecule is Cc1n[nH]c(C)c1CCN(C)Cc1cscn1. The highest BCUT2D eigenvalue weighted by Crippen LogP contribution is 2.11. The Balaban J connectivity index is 1.86. The molecule has 2 aromatic heterocycles. The van der Waals surface area contributed by atoms with E-state index in [1.807, 2.05) is 5.51 Å². The van der Waals surface area contributed by atoms with Crippen LogP contribution < -0.4 is 0 Å². The molecule has 0 unspecified atom stereocenters. The number of thiazole rings is 1. The third-order valence-corrected chi connectivity index (χ3v) is 3.57. The molecule has 0 saturated heterocycles. The molecule has 0 saturated carbocycles. The van der Waals surface area contributed by atoms with Gasteiger partial charge < -0.3 is 4.90 Å². The van der Waals surface area contributed by atoms with Crippen LogP contribution in [0.1, 0.15) is 22.6 Å². The van der Waals surface area contributed by atoms with Gasteiger partial charge in [0.1, 0.15) is 0 Å². The van der Waals surface area contributed by atoms with Gasteiger partial charge in [-0.3, -0.25) is 5.10 Å². The van der Waals surface area contributed by atoms with Gasteiger partial charge in [-0.1, -0.05) is 0 Å². The van der Waals surface area contributed by atoms with Gasteiger partial charge in [-0.25, -0.2) is 4.98 Å². The van der Waals surface area contributed by atoms with Crippen molar-refractivity contribution in [3.05, 3.63) is 33.5 Å². The van der Waals surface area contributed by atoms with Crippen LogP contribution in [0.25, 0.3) is 0 Å². The zero-order chi connectivity index (χ0) is 12.3. The standard InChI is InChI=1S/C12H18N4S/c1-9-12(10(2)15-14-9)4-5-16(3)6-11-7-17-8-13-11/h7-8H,4-6H2,1-3H3,(H,14,15). The van der Waals surface area contributed by atoms with Gasteiger partial charge in [0.05, 0.1) is 16.9 Å². The van der Waals surface area contributed by atoms with Crippen molar-refractivity contribution in [2.75, 3.05) is 13.6 Å². The minimum absolute atomic E-state index is 0.916. The first kappa shape index (κ1) is 12.3. The molecule has 0 aliphatic heterocycles. The lowest BCUT2D eigenvalue weighted by atomic mass is 10.1. The molecular formula is C12H18N4S. The monoisotopic (exact) mass is 250 g/mol. The van der Waals surface area contributed by atoms with Crippen molar-refractivity contribution in [1.29, 1.82) is 0 Å². The average Bonchev–Trinajstić information content (AvgIpc) is 2.88. The molecule has 1 N–H and O–H groups in total. The highest BCUT2D eigenvalue weighted by Gasteiger charge is 2.08. The van der Waals surface area contributed by atoms with E-state index in [1.54, 1.807) is 11.3 Å². The molecule has 92 valence electrons. The number of hydrogen-bond donors (Lipinski definition) is 1. The molecule has 0 aromatic carbocycles. The Labute approximate surface area is 106 Å². The fourth-order valence-electron chi connectivity index (χ4n) is 1.92. The number of aromatic amines is 1. The van der Waals surface area contributed by atoms with E-state index in [2.05, 4.69) is 46.4 Å². The first-order valence-electron chi connectivity index (χ1n) is 5.73. The van der Waals surface area contributed by atoms with E-state index in [-0.39, 0.29) is 0 Å². The summed E-state index contributed by atoms with van der Waals surface area (Å²) in [6.45, 7) is 6.08. The topological polar surface area (TPSA) is 44.8 Å². The van der Waals surface area contributed by atoms with Crippen molar-refractivity contribution in [1.82, 2.24) is 20.1 Å². The first-order chi connectivity index (χ1) is 8.16. The maximum Gasteiger partial charge on any atom is 0.0795 e. The summed E-state index contributed by atoms with van der Waals surface area (Å²) in [6.07, 6.45) is 1.04. The second kappa shape index (κ2) is 5.42. The molecule has 0 radical (unpaired) electrons. The van der Waals surface area contributed by atoms with Crippen LogP contribution in [0.2, 0.25) is 0 Å². The van der Waals surface area contributed by atoms with Crippen molar-refractivity contribution in [3.8, 4) is 0 Å². The van der Waals surface area contributed by atoms with E-state index in [0.29, 0.717) is 0 Å². The van der Waals surface area contributed by atoms with Crippen molar-refractivity contribution in [2.45, 2.75) is 26.8 Å². The molecular weight excluding hydrogens is 232 g/mol. The predicted octanol–water partition coefficient (Wildman–Crippen LogP) is 2.16. The molecule has 0 aliphatic rings. The first-order valence-corrected chi connectivity index (χ1v) is 6.67. The lowest BCUT2D eigenvalue weighted by Gasteiger charge is -2.15. The van der Waals surface area contributed by atoms with E-state index in [1.165, 1.54) is 11.3 Å². The molecule has 0 bridgehead atoms. The van der Waals surface area contributed by atoms with Crippen LogP contribution in [0.3, 0.4) is 0 Å². The third kappa shape index (κ3) is 3.14. The van der Waals surface area contributed by atoms with Gasteiger partial charge in [-0.2, -0.15) is 5.10 Å². The van der Waals surface area contributed by atoms with Crippen LogP contribution in [0.5, 0.6) is 0 Å². The van der Waals surface area contributed by atoms with E-state index in [0.717, 1.165) is 30.9 Å². The summed E-state index contributed by atoms with van der Waals surface area (Å²) < 4.78 is 0. The van der Waals surface area contributed by atoms with Gasteiger partial charge >= 0.3 is 0 Å². The summed E-state index contributed by atoms with van der Waals surface area (Å²) in [5.41, 5.74) is 6.68. The number of hydrogen-bond acceptors (Lipinski definition) is 4. The van der Waals surface area contributed by atoms with Crippen LogP contribution >= 0.6 is 11.3 Å². The molecule has 17 heavy (non-hydrogen) atoms. The predicted molar refractivity (Wildman–Crippen MR) is 70.2 cm³/mol. The number of aromatic nitrogens is 3. The van der Waals surface area contributed by atoms with Crippen LogP contribution in [0.15, 0.2) is 10.9 Å². The average molecular weight is 250 g/mol. The maximum absolute atomic E-state index is 4.29. The van der Waals surface area contributed by atoms with Gasteiger partial charge in [0, 0.05) is 24.2 Å². The summed E-state index contributed by atoms with van der Waals surface area (Å²) in [7, 11) is 2.13. The Morgan fingerprint density at radius 1 is 1.41 bits per heavy atom. The summed E-state index contributed by atoms with van der Waals surface area (Å²) in [5.74, 6) is 0. The summed E-state index contributed by atoms with van der Waals surface area (Å²) >= 11 is 1.65. The Morgan fingerprint density at radius 2 is 2.24 bits per heavy atom. The number of aryl methyl sites for hydroxylation is 2. The van der Waals surface area contributed by atoms with Crippen LogP contribution in [0.4, 0.5) is 0 Å². The highest BCUT2D eigenvalue weighted by atomic mass is 32.1. The molecule has 0 amide bonds. The van der Waals surface area contributed by atoms with E-state index >= 15 is 0 Å². The zero-order valence-electron chi connectivity index (χ0n) is 10.5. The number of rotatable bonds is 5. The van der Waals surface area contributed by atoms with Gasteiger partial charge in [-0.05, 0) is 32.9 Å². The Morgan fingerprint density at radius 3 is 2.82 bits per heavy atom. The van der Waals surface area contributed by atoms with Gasteiger partial charge in [0.25, 0.3) is 0 Å². The van der Waals surface area contributed by atoms with Crippen molar-refractivity contribution in [2.24, 2.45) is 0 Å².